The van der Waals surface area contributed by atoms with Gasteiger partial charge in [-0.05, 0) is 25.3 Å². The third-order valence-corrected chi connectivity index (χ3v) is 4.14. The van der Waals surface area contributed by atoms with Crippen LogP contribution >= 0.6 is 0 Å². The highest BCUT2D eigenvalue weighted by molar-refractivity contribution is 5.85. The first kappa shape index (κ1) is 15.5. The number of carbonyl (C=O) groups is 2. The number of nitrogens with one attached hydrogen (secondary N) is 2. The fraction of sp³-hybridized carbons (Fsp3) is 0.643. The minimum atomic E-state index is -1.04. The Morgan fingerprint density at radius 3 is 2.86 bits per heavy atom. The molecule has 0 aliphatic heterocycles. The Hall–Kier alpha value is -1.89. The summed E-state index contributed by atoms with van der Waals surface area (Å²) in [6.07, 6.45) is 7.04. The largest absolute Gasteiger partial charge is 0.480 e. The van der Waals surface area contributed by atoms with Gasteiger partial charge >= 0.3 is 5.97 Å². The van der Waals surface area contributed by atoms with E-state index in [9.17, 15) is 14.7 Å². The van der Waals surface area contributed by atoms with Gasteiger partial charge in [0, 0.05) is 24.2 Å². The van der Waals surface area contributed by atoms with Crippen LogP contribution in [-0.4, -0.2) is 39.5 Å². The van der Waals surface area contributed by atoms with Crippen LogP contribution in [0, 0.1) is 11.8 Å². The molecule has 21 heavy (non-hydrogen) atoms. The van der Waals surface area contributed by atoms with E-state index in [0.717, 1.165) is 25.7 Å². The number of nitrogens with two attached hydrogens (primary N) is 1. The van der Waals surface area contributed by atoms with E-state index in [2.05, 4.69) is 15.3 Å². The van der Waals surface area contributed by atoms with Crippen LogP contribution < -0.4 is 11.1 Å². The molecule has 0 saturated heterocycles. The van der Waals surface area contributed by atoms with Gasteiger partial charge in [0.05, 0.1) is 6.33 Å². The number of aromatic nitrogens is 2. The number of amides is 1. The molecule has 2 unspecified atom stereocenters. The number of carboxylic acids is 1. The third kappa shape index (κ3) is 4.04. The minimum absolute atomic E-state index is 0.153. The lowest BCUT2D eigenvalue weighted by molar-refractivity contribution is -0.143. The summed E-state index contributed by atoms with van der Waals surface area (Å²) in [5.74, 6) is -1.26. The SMILES string of the molecule is NCC1CCCCC1C(=O)N[C@H](Cc1cnc[nH]1)C(=O)O. The fourth-order valence-electron chi connectivity index (χ4n) is 2.93. The quantitative estimate of drug-likeness (QED) is 0.600. The van der Waals surface area contributed by atoms with Gasteiger partial charge in [-0.15, -0.1) is 0 Å². The van der Waals surface area contributed by atoms with Crippen molar-refractivity contribution in [3.8, 4) is 0 Å². The number of hydrogen-bond donors (Lipinski definition) is 4. The molecule has 5 N–H and O–H groups in total. The van der Waals surface area contributed by atoms with Crippen LogP contribution in [0.3, 0.4) is 0 Å². The van der Waals surface area contributed by atoms with Crippen molar-refractivity contribution in [1.29, 1.82) is 0 Å². The zero-order chi connectivity index (χ0) is 15.2. The highest BCUT2D eigenvalue weighted by Crippen LogP contribution is 2.29. The van der Waals surface area contributed by atoms with Crippen molar-refractivity contribution >= 4 is 11.9 Å². The molecule has 1 aliphatic carbocycles. The van der Waals surface area contributed by atoms with Gasteiger partial charge in [-0.25, -0.2) is 9.78 Å². The topological polar surface area (TPSA) is 121 Å². The van der Waals surface area contributed by atoms with Gasteiger partial charge < -0.3 is 21.1 Å². The zero-order valence-corrected chi connectivity index (χ0v) is 11.9. The maximum atomic E-state index is 12.4. The molecule has 116 valence electrons. The third-order valence-electron chi connectivity index (χ3n) is 4.14. The van der Waals surface area contributed by atoms with Crippen LogP contribution in [0.1, 0.15) is 31.4 Å². The number of nitrogens with zero attached hydrogens (tertiary/aromatic N) is 1. The molecule has 2 rings (SSSR count). The van der Waals surface area contributed by atoms with Gasteiger partial charge in [0.25, 0.3) is 0 Å². The van der Waals surface area contributed by atoms with Crippen LogP contribution in [0.5, 0.6) is 0 Å². The van der Waals surface area contributed by atoms with Crippen molar-refractivity contribution in [1.82, 2.24) is 15.3 Å². The molecule has 0 bridgehead atoms. The van der Waals surface area contributed by atoms with Crippen LogP contribution in [0.25, 0.3) is 0 Å². The molecule has 1 aromatic heterocycles. The number of imidazole rings is 1. The van der Waals surface area contributed by atoms with E-state index in [1.165, 1.54) is 6.33 Å². The average molecular weight is 294 g/mol. The van der Waals surface area contributed by atoms with Crippen molar-refractivity contribution in [2.24, 2.45) is 17.6 Å². The molecule has 3 atom stereocenters. The van der Waals surface area contributed by atoms with E-state index < -0.39 is 12.0 Å². The summed E-state index contributed by atoms with van der Waals surface area (Å²) in [6, 6.07) is -0.946. The number of carboxylic acid groups (broad SMARTS) is 1. The van der Waals surface area contributed by atoms with E-state index in [-0.39, 0.29) is 24.2 Å². The van der Waals surface area contributed by atoms with Crippen LogP contribution in [0.2, 0.25) is 0 Å². The molecule has 1 saturated carbocycles. The Bertz CT molecular complexity index is 475. The lowest BCUT2D eigenvalue weighted by Gasteiger charge is -2.30. The summed E-state index contributed by atoms with van der Waals surface area (Å²) in [5, 5.41) is 11.9. The molecule has 1 fully saturated rings. The summed E-state index contributed by atoms with van der Waals surface area (Å²) in [6.45, 7) is 0.469. The maximum Gasteiger partial charge on any atom is 0.326 e. The smallest absolute Gasteiger partial charge is 0.326 e. The van der Waals surface area contributed by atoms with E-state index in [0.29, 0.717) is 12.2 Å². The molecule has 1 aliphatic rings. The molecule has 0 radical (unpaired) electrons. The number of H-pyrrole nitrogens is 1. The summed E-state index contributed by atoms with van der Waals surface area (Å²) in [7, 11) is 0. The van der Waals surface area contributed by atoms with Crippen molar-refractivity contribution in [3.63, 3.8) is 0 Å². The molecule has 7 heteroatoms. The second-order valence-corrected chi connectivity index (χ2v) is 5.57. The lowest BCUT2D eigenvalue weighted by Crippen LogP contribution is -2.47. The van der Waals surface area contributed by atoms with Gasteiger partial charge in [0.1, 0.15) is 6.04 Å². The Labute approximate surface area is 123 Å². The molecule has 7 nitrogen and oxygen atoms in total. The minimum Gasteiger partial charge on any atom is -0.480 e. The molecule has 0 spiro atoms. The monoisotopic (exact) mass is 294 g/mol. The first-order chi connectivity index (χ1) is 10.1. The molecule has 0 aromatic carbocycles. The predicted octanol–water partition coefficient (Wildman–Crippen LogP) is 0.287. The maximum absolute atomic E-state index is 12.4. The number of carbonyl (C=O) groups excluding carboxylic acids is 1. The molecular formula is C14H22N4O3. The Balaban J connectivity index is 1.98. The van der Waals surface area contributed by atoms with Crippen molar-refractivity contribution < 1.29 is 14.7 Å². The number of hydrogen-bond acceptors (Lipinski definition) is 4. The highest BCUT2D eigenvalue weighted by atomic mass is 16.4. The van der Waals surface area contributed by atoms with E-state index in [4.69, 9.17) is 5.73 Å². The van der Waals surface area contributed by atoms with E-state index in [1.807, 2.05) is 0 Å². The zero-order valence-electron chi connectivity index (χ0n) is 11.9. The highest BCUT2D eigenvalue weighted by Gasteiger charge is 2.32. The average Bonchev–Trinajstić information content (AvgIpc) is 2.99. The number of aromatic amines is 1. The van der Waals surface area contributed by atoms with Crippen molar-refractivity contribution in [2.75, 3.05) is 6.54 Å². The van der Waals surface area contributed by atoms with Crippen LogP contribution in [0.4, 0.5) is 0 Å². The second kappa shape index (κ2) is 7.21. The first-order valence-electron chi connectivity index (χ1n) is 7.32. The van der Waals surface area contributed by atoms with Gasteiger partial charge in [-0.3, -0.25) is 4.79 Å². The summed E-state index contributed by atoms with van der Waals surface area (Å²) < 4.78 is 0. The first-order valence-corrected chi connectivity index (χ1v) is 7.32. The summed E-state index contributed by atoms with van der Waals surface area (Å²) >= 11 is 0. The van der Waals surface area contributed by atoms with Gasteiger partial charge in [0.2, 0.25) is 5.91 Å². The standard InChI is InChI=1S/C14H22N4O3/c15-6-9-3-1-2-4-11(9)13(19)18-12(14(20)21)5-10-7-16-8-17-10/h7-9,11-12H,1-6,15H2,(H,16,17)(H,18,19)(H,20,21)/t9?,11?,12-/m1/s1. The van der Waals surface area contributed by atoms with Gasteiger partial charge in [-0.2, -0.15) is 0 Å². The molecule has 1 amide bonds. The summed E-state index contributed by atoms with van der Waals surface area (Å²) in [4.78, 5) is 30.4. The van der Waals surface area contributed by atoms with Gasteiger partial charge in [0.15, 0.2) is 0 Å². The normalized spacial score (nSPS) is 23.5. The van der Waals surface area contributed by atoms with Gasteiger partial charge in [-0.1, -0.05) is 12.8 Å². The molecular weight excluding hydrogens is 272 g/mol. The Morgan fingerprint density at radius 2 is 2.24 bits per heavy atom. The Kier molecular flexibility index (Phi) is 5.32. The lowest BCUT2D eigenvalue weighted by atomic mass is 9.78. The predicted molar refractivity (Wildman–Crippen MR) is 76.4 cm³/mol. The Morgan fingerprint density at radius 1 is 1.48 bits per heavy atom. The van der Waals surface area contributed by atoms with Crippen LogP contribution in [-0.2, 0) is 16.0 Å². The second-order valence-electron chi connectivity index (χ2n) is 5.57. The molecule has 1 aromatic rings. The summed E-state index contributed by atoms with van der Waals surface area (Å²) in [5.41, 5.74) is 6.40. The number of rotatable bonds is 6. The van der Waals surface area contributed by atoms with Crippen molar-refractivity contribution in [3.05, 3.63) is 18.2 Å². The van der Waals surface area contributed by atoms with Crippen LogP contribution in [0.15, 0.2) is 12.5 Å². The van der Waals surface area contributed by atoms with E-state index >= 15 is 0 Å². The number of aliphatic carboxylic acids is 1. The van der Waals surface area contributed by atoms with Crippen molar-refractivity contribution in [2.45, 2.75) is 38.1 Å². The van der Waals surface area contributed by atoms with E-state index in [1.54, 1.807) is 6.20 Å². The fourth-order valence-corrected chi connectivity index (χ4v) is 2.93. The molecule has 1 heterocycles.